The average molecular weight is 391 g/mol. The van der Waals surface area contributed by atoms with Gasteiger partial charge in [0.2, 0.25) is 11.9 Å². The highest BCUT2D eigenvalue weighted by atomic mass is 19.4. The molecule has 2 heterocycles. The van der Waals surface area contributed by atoms with Gasteiger partial charge in [-0.25, -0.2) is 4.98 Å². The van der Waals surface area contributed by atoms with E-state index in [-0.39, 0.29) is 18.4 Å². The Labute approximate surface area is 159 Å². The first-order valence-corrected chi connectivity index (χ1v) is 9.11. The molecule has 0 bridgehead atoms. The van der Waals surface area contributed by atoms with E-state index in [0.29, 0.717) is 11.6 Å². The third-order valence-corrected chi connectivity index (χ3v) is 5.01. The first-order chi connectivity index (χ1) is 13.2. The number of halogens is 3. The Hall–Kier alpha value is -2.84. The van der Waals surface area contributed by atoms with Crippen molar-refractivity contribution in [1.29, 1.82) is 0 Å². The number of hydrogen-bond acceptors (Lipinski definition) is 3. The molecule has 1 N–H and O–H groups in total. The molecule has 0 aliphatic heterocycles. The molecule has 1 aliphatic rings. The van der Waals surface area contributed by atoms with Crippen LogP contribution < -0.4 is 5.32 Å². The smallest absolute Gasteiger partial charge is 0.313 e. The van der Waals surface area contributed by atoms with E-state index in [4.69, 9.17) is 0 Å². The van der Waals surface area contributed by atoms with Crippen molar-refractivity contribution in [3.8, 4) is 0 Å². The predicted molar refractivity (Wildman–Crippen MR) is 97.7 cm³/mol. The molecule has 0 radical (unpaired) electrons. The minimum atomic E-state index is -4.49. The number of nitrogens with zero attached hydrogens (tertiary/aromatic N) is 4. The Morgan fingerprint density at radius 2 is 2.04 bits per heavy atom. The zero-order valence-electron chi connectivity index (χ0n) is 15.5. The predicted octanol–water partition coefficient (Wildman–Crippen LogP) is 3.94. The zero-order valence-corrected chi connectivity index (χ0v) is 15.5. The molecule has 1 atom stereocenters. The Kier molecular flexibility index (Phi) is 4.40. The minimum Gasteiger partial charge on any atom is -0.313 e. The van der Waals surface area contributed by atoms with Gasteiger partial charge >= 0.3 is 6.18 Å². The number of carbonyl (C=O) groups excluding carboxylic acids is 1. The number of carbonyl (C=O) groups is 1. The summed E-state index contributed by atoms with van der Waals surface area (Å²) in [5, 5.41) is 6.49. The van der Waals surface area contributed by atoms with Crippen molar-refractivity contribution >= 4 is 22.9 Å². The number of benzene rings is 1. The number of aryl methyl sites for hydroxylation is 1. The lowest BCUT2D eigenvalue weighted by Gasteiger charge is -2.14. The summed E-state index contributed by atoms with van der Waals surface area (Å²) < 4.78 is 42.2. The quantitative estimate of drug-likeness (QED) is 0.717. The second-order valence-electron chi connectivity index (χ2n) is 7.28. The van der Waals surface area contributed by atoms with Crippen molar-refractivity contribution in [2.75, 3.05) is 5.32 Å². The molecule has 9 heteroatoms. The van der Waals surface area contributed by atoms with Gasteiger partial charge in [-0.15, -0.1) is 0 Å². The van der Waals surface area contributed by atoms with Gasteiger partial charge in [0.25, 0.3) is 0 Å². The maximum atomic E-state index is 13.0. The SMILES string of the molecule is CC(Cn1nc(C(F)(F)F)cc1C1CC1)C(=O)Nc1nc2ccccc2n1C. The Bertz CT molecular complexity index is 1030. The standard InChI is InChI=1S/C19H20F3N5O/c1-11(10-27-15(12-7-8-12)9-16(25-27)19(20,21)22)17(28)24-18-23-13-5-3-4-6-14(13)26(18)2/h3-6,9,11-12H,7-8,10H2,1-2H3,(H,23,24,28). The maximum absolute atomic E-state index is 13.0. The van der Waals surface area contributed by atoms with E-state index in [2.05, 4.69) is 15.4 Å². The molecule has 0 spiro atoms. The van der Waals surface area contributed by atoms with Gasteiger partial charge in [-0.1, -0.05) is 19.1 Å². The fraction of sp³-hybridized carbons (Fsp3) is 0.421. The number of amides is 1. The first kappa shape index (κ1) is 18.5. The number of nitrogens with one attached hydrogen (secondary N) is 1. The molecule has 1 fully saturated rings. The molecule has 3 aromatic rings. The lowest BCUT2D eigenvalue weighted by atomic mass is 10.1. The van der Waals surface area contributed by atoms with Crippen LogP contribution in [0.5, 0.6) is 0 Å². The molecular weight excluding hydrogens is 371 g/mol. The summed E-state index contributed by atoms with van der Waals surface area (Å²) in [5.41, 5.74) is 1.28. The van der Waals surface area contributed by atoms with Gasteiger partial charge in [-0.3, -0.25) is 14.8 Å². The number of anilines is 1. The minimum absolute atomic E-state index is 0.0810. The lowest BCUT2D eigenvalue weighted by Crippen LogP contribution is -2.26. The van der Waals surface area contributed by atoms with Crippen molar-refractivity contribution < 1.29 is 18.0 Å². The van der Waals surface area contributed by atoms with Gasteiger partial charge in [-0.2, -0.15) is 18.3 Å². The van der Waals surface area contributed by atoms with Gasteiger partial charge in [-0.05, 0) is 31.0 Å². The van der Waals surface area contributed by atoms with Crippen LogP contribution in [0.2, 0.25) is 0 Å². The Morgan fingerprint density at radius 1 is 1.32 bits per heavy atom. The van der Waals surface area contributed by atoms with Crippen molar-refractivity contribution in [2.45, 2.75) is 38.4 Å². The van der Waals surface area contributed by atoms with Gasteiger partial charge in [0.05, 0.1) is 23.5 Å². The van der Waals surface area contributed by atoms with Crippen LogP contribution in [-0.4, -0.2) is 25.2 Å². The fourth-order valence-corrected chi connectivity index (χ4v) is 3.26. The van der Waals surface area contributed by atoms with Crippen LogP contribution in [0.25, 0.3) is 11.0 Å². The van der Waals surface area contributed by atoms with Crippen LogP contribution in [0, 0.1) is 5.92 Å². The molecule has 0 saturated heterocycles. The second kappa shape index (κ2) is 6.65. The Balaban J connectivity index is 1.51. The van der Waals surface area contributed by atoms with E-state index < -0.39 is 17.8 Å². The molecular formula is C19H20F3N5O. The number of hydrogen-bond donors (Lipinski definition) is 1. The van der Waals surface area contributed by atoms with Gasteiger partial charge in [0.15, 0.2) is 5.69 Å². The molecule has 28 heavy (non-hydrogen) atoms. The van der Waals surface area contributed by atoms with E-state index in [9.17, 15) is 18.0 Å². The van der Waals surface area contributed by atoms with E-state index in [1.165, 1.54) is 4.68 Å². The highest BCUT2D eigenvalue weighted by Crippen LogP contribution is 2.42. The summed E-state index contributed by atoms with van der Waals surface area (Å²) in [7, 11) is 1.80. The molecule has 4 rings (SSSR count). The molecule has 1 saturated carbocycles. The number of fused-ring (bicyclic) bond motifs is 1. The topological polar surface area (TPSA) is 64.7 Å². The molecule has 2 aromatic heterocycles. The summed E-state index contributed by atoms with van der Waals surface area (Å²) in [6.45, 7) is 1.75. The summed E-state index contributed by atoms with van der Waals surface area (Å²) >= 11 is 0. The first-order valence-electron chi connectivity index (χ1n) is 9.11. The maximum Gasteiger partial charge on any atom is 0.435 e. The summed E-state index contributed by atoms with van der Waals surface area (Å²) in [6.07, 6.45) is -2.79. The number of aromatic nitrogens is 4. The highest BCUT2D eigenvalue weighted by Gasteiger charge is 2.38. The van der Waals surface area contributed by atoms with E-state index >= 15 is 0 Å². The average Bonchev–Trinajstić information content (AvgIpc) is 3.32. The van der Waals surface area contributed by atoms with Gasteiger partial charge in [0.1, 0.15) is 0 Å². The van der Waals surface area contributed by atoms with Crippen LogP contribution in [0.3, 0.4) is 0 Å². The van der Waals surface area contributed by atoms with Crippen LogP contribution in [-0.2, 0) is 24.6 Å². The molecule has 1 aliphatic carbocycles. The highest BCUT2D eigenvalue weighted by molar-refractivity contribution is 5.92. The van der Waals surface area contributed by atoms with Crippen LogP contribution in [0.15, 0.2) is 30.3 Å². The largest absolute Gasteiger partial charge is 0.435 e. The zero-order chi connectivity index (χ0) is 20.1. The van der Waals surface area contributed by atoms with Gasteiger partial charge in [0, 0.05) is 18.7 Å². The summed E-state index contributed by atoms with van der Waals surface area (Å²) in [4.78, 5) is 17.0. The van der Waals surface area contributed by atoms with Crippen LogP contribution in [0.4, 0.5) is 19.1 Å². The monoisotopic (exact) mass is 391 g/mol. The van der Waals surface area contributed by atoms with Gasteiger partial charge < -0.3 is 4.57 Å². The summed E-state index contributed by atoms with van der Waals surface area (Å²) in [6, 6.07) is 8.59. The molecule has 1 unspecified atom stereocenters. The van der Waals surface area contributed by atoms with E-state index in [1.54, 1.807) is 18.5 Å². The second-order valence-corrected chi connectivity index (χ2v) is 7.28. The molecule has 1 aromatic carbocycles. The third-order valence-electron chi connectivity index (χ3n) is 5.01. The molecule has 6 nitrogen and oxygen atoms in total. The van der Waals surface area contributed by atoms with E-state index in [0.717, 1.165) is 29.9 Å². The van der Waals surface area contributed by atoms with Crippen LogP contribution >= 0.6 is 0 Å². The third kappa shape index (κ3) is 3.48. The Morgan fingerprint density at radius 3 is 2.68 bits per heavy atom. The van der Waals surface area contributed by atoms with E-state index in [1.807, 2.05) is 24.3 Å². The van der Waals surface area contributed by atoms with Crippen molar-refractivity contribution in [2.24, 2.45) is 13.0 Å². The fourth-order valence-electron chi connectivity index (χ4n) is 3.26. The molecule has 1 amide bonds. The summed E-state index contributed by atoms with van der Waals surface area (Å²) in [5.74, 6) is -0.391. The number of imidazole rings is 1. The lowest BCUT2D eigenvalue weighted by molar-refractivity contribution is -0.141. The van der Waals surface area contributed by atoms with Crippen molar-refractivity contribution in [1.82, 2.24) is 19.3 Å². The normalized spacial score (nSPS) is 15.8. The number of alkyl halides is 3. The van der Waals surface area contributed by atoms with Crippen molar-refractivity contribution in [3.63, 3.8) is 0 Å². The molecule has 148 valence electrons. The van der Waals surface area contributed by atoms with Crippen molar-refractivity contribution in [3.05, 3.63) is 41.7 Å². The van der Waals surface area contributed by atoms with Crippen LogP contribution in [0.1, 0.15) is 37.1 Å². The number of para-hydroxylation sites is 2. The number of rotatable bonds is 5.